The molecule has 1 amide bonds. The first kappa shape index (κ1) is 17.9. The number of carbonyl (C=O) groups excluding carboxylic acids is 1. The first-order valence-corrected chi connectivity index (χ1v) is 8.29. The molecule has 1 aliphatic carbocycles. The predicted molar refractivity (Wildman–Crippen MR) is 93.1 cm³/mol. The highest BCUT2D eigenvalue weighted by Crippen LogP contribution is 2.58. The molecule has 0 radical (unpaired) electrons. The van der Waals surface area contributed by atoms with E-state index in [0.29, 0.717) is 22.0 Å². The van der Waals surface area contributed by atoms with Crippen LogP contribution in [0.3, 0.4) is 0 Å². The van der Waals surface area contributed by atoms with Crippen molar-refractivity contribution in [2.75, 3.05) is 19.6 Å². The van der Waals surface area contributed by atoms with Crippen LogP contribution < -0.4 is 10.6 Å². The molecule has 2 fully saturated rings. The molecule has 3 rings (SSSR count). The van der Waals surface area contributed by atoms with Gasteiger partial charge in [0.2, 0.25) is 5.91 Å². The van der Waals surface area contributed by atoms with Crippen molar-refractivity contribution in [1.82, 2.24) is 10.6 Å². The van der Waals surface area contributed by atoms with E-state index in [1.54, 1.807) is 6.07 Å². The molecule has 3 nitrogen and oxygen atoms in total. The van der Waals surface area contributed by atoms with Gasteiger partial charge in [-0.3, -0.25) is 4.79 Å². The largest absolute Gasteiger partial charge is 0.356 e. The Labute approximate surface area is 147 Å². The van der Waals surface area contributed by atoms with Gasteiger partial charge in [0.05, 0.1) is 0 Å². The lowest BCUT2D eigenvalue weighted by molar-refractivity contribution is -0.123. The SMILES string of the molecule is Cl.O=C(NCCc1ccc(Cl)cc1Cl)C1CC12CCNCC2. The zero-order valence-electron chi connectivity index (χ0n) is 12.3. The van der Waals surface area contributed by atoms with Crippen LogP contribution in [0.15, 0.2) is 18.2 Å². The van der Waals surface area contributed by atoms with Gasteiger partial charge in [-0.25, -0.2) is 0 Å². The Morgan fingerprint density at radius 2 is 2.05 bits per heavy atom. The Balaban J connectivity index is 0.00000176. The Morgan fingerprint density at radius 3 is 2.73 bits per heavy atom. The van der Waals surface area contributed by atoms with E-state index in [1.807, 2.05) is 12.1 Å². The van der Waals surface area contributed by atoms with E-state index in [0.717, 1.165) is 44.3 Å². The molecule has 0 bridgehead atoms. The average Bonchev–Trinajstić information content (AvgIpc) is 3.15. The van der Waals surface area contributed by atoms with Crippen molar-refractivity contribution in [3.05, 3.63) is 33.8 Å². The molecule has 1 saturated heterocycles. The first-order chi connectivity index (χ1) is 10.1. The second-order valence-corrected chi connectivity index (χ2v) is 6.99. The lowest BCUT2D eigenvalue weighted by atomic mass is 9.92. The van der Waals surface area contributed by atoms with Crippen molar-refractivity contribution in [2.24, 2.45) is 11.3 Å². The number of carbonyl (C=O) groups is 1. The monoisotopic (exact) mass is 362 g/mol. The molecule has 1 unspecified atom stereocenters. The van der Waals surface area contributed by atoms with E-state index in [2.05, 4.69) is 10.6 Å². The molecule has 122 valence electrons. The molecule has 1 atom stereocenters. The number of nitrogens with one attached hydrogen (secondary N) is 2. The van der Waals surface area contributed by atoms with Gasteiger partial charge in [0.1, 0.15) is 0 Å². The van der Waals surface area contributed by atoms with Gasteiger partial charge in [0, 0.05) is 22.5 Å². The summed E-state index contributed by atoms with van der Waals surface area (Å²) in [6.07, 6.45) is 4.06. The molecule has 22 heavy (non-hydrogen) atoms. The topological polar surface area (TPSA) is 41.1 Å². The average molecular weight is 364 g/mol. The van der Waals surface area contributed by atoms with E-state index in [1.165, 1.54) is 0 Å². The van der Waals surface area contributed by atoms with Gasteiger partial charge in [0.15, 0.2) is 0 Å². The van der Waals surface area contributed by atoms with Crippen LogP contribution in [0.1, 0.15) is 24.8 Å². The lowest BCUT2D eigenvalue weighted by Crippen LogP contribution is -2.34. The summed E-state index contributed by atoms with van der Waals surface area (Å²) >= 11 is 12.0. The molecule has 6 heteroatoms. The summed E-state index contributed by atoms with van der Waals surface area (Å²) in [5, 5.41) is 7.72. The Hall–Kier alpha value is -0.480. The third kappa shape index (κ3) is 3.88. The van der Waals surface area contributed by atoms with Crippen molar-refractivity contribution in [1.29, 1.82) is 0 Å². The van der Waals surface area contributed by atoms with Crippen molar-refractivity contribution >= 4 is 41.5 Å². The van der Waals surface area contributed by atoms with Gasteiger partial charge < -0.3 is 10.6 Å². The first-order valence-electron chi connectivity index (χ1n) is 7.53. The minimum atomic E-state index is 0. The summed E-state index contributed by atoms with van der Waals surface area (Å²) in [7, 11) is 0. The standard InChI is InChI=1S/C16H20Cl2N2O.ClH/c17-12-2-1-11(14(18)9-12)3-6-20-15(21)13-10-16(13)4-7-19-8-5-16;/h1-2,9,13,19H,3-8,10H2,(H,20,21);1H. The fourth-order valence-electron chi connectivity index (χ4n) is 3.36. The van der Waals surface area contributed by atoms with Gasteiger partial charge in [0.25, 0.3) is 0 Å². The summed E-state index contributed by atoms with van der Waals surface area (Å²) in [6, 6.07) is 5.49. The maximum atomic E-state index is 12.2. The van der Waals surface area contributed by atoms with E-state index in [4.69, 9.17) is 23.2 Å². The minimum Gasteiger partial charge on any atom is -0.356 e. The highest BCUT2D eigenvalue weighted by molar-refractivity contribution is 6.35. The van der Waals surface area contributed by atoms with Crippen molar-refractivity contribution in [3.63, 3.8) is 0 Å². The van der Waals surface area contributed by atoms with Crippen LogP contribution in [-0.2, 0) is 11.2 Å². The van der Waals surface area contributed by atoms with Crippen LogP contribution in [0.2, 0.25) is 10.0 Å². The van der Waals surface area contributed by atoms with E-state index < -0.39 is 0 Å². The number of amides is 1. The summed E-state index contributed by atoms with van der Waals surface area (Å²) in [4.78, 5) is 12.2. The zero-order valence-corrected chi connectivity index (χ0v) is 14.7. The summed E-state index contributed by atoms with van der Waals surface area (Å²) in [5.74, 6) is 0.433. The van der Waals surface area contributed by atoms with Crippen LogP contribution in [0.4, 0.5) is 0 Å². The van der Waals surface area contributed by atoms with E-state index in [-0.39, 0.29) is 24.2 Å². The van der Waals surface area contributed by atoms with Gasteiger partial charge in [-0.2, -0.15) is 0 Å². The quantitative estimate of drug-likeness (QED) is 0.860. The van der Waals surface area contributed by atoms with Crippen LogP contribution in [0.25, 0.3) is 0 Å². The van der Waals surface area contributed by atoms with Crippen molar-refractivity contribution in [2.45, 2.75) is 25.7 Å². The highest BCUT2D eigenvalue weighted by atomic mass is 35.5. The molecule has 2 aliphatic rings. The highest BCUT2D eigenvalue weighted by Gasteiger charge is 2.57. The summed E-state index contributed by atoms with van der Waals surface area (Å²) in [5.41, 5.74) is 1.32. The smallest absolute Gasteiger partial charge is 0.223 e. The van der Waals surface area contributed by atoms with E-state index >= 15 is 0 Å². The van der Waals surface area contributed by atoms with Gasteiger partial charge >= 0.3 is 0 Å². The minimum absolute atomic E-state index is 0. The molecule has 1 spiro atoms. The van der Waals surface area contributed by atoms with Crippen LogP contribution in [-0.4, -0.2) is 25.5 Å². The number of halogens is 3. The van der Waals surface area contributed by atoms with E-state index in [9.17, 15) is 4.79 Å². The molecule has 1 aliphatic heterocycles. The zero-order chi connectivity index (χ0) is 14.9. The number of benzene rings is 1. The Bertz CT molecular complexity index is 544. The number of hydrogen-bond acceptors (Lipinski definition) is 2. The van der Waals surface area contributed by atoms with Crippen LogP contribution in [0, 0.1) is 11.3 Å². The third-order valence-corrected chi connectivity index (χ3v) is 5.40. The Morgan fingerprint density at radius 1 is 1.32 bits per heavy atom. The molecular weight excluding hydrogens is 343 g/mol. The fourth-order valence-corrected chi connectivity index (χ4v) is 3.87. The molecule has 1 aromatic carbocycles. The molecule has 1 aromatic rings. The van der Waals surface area contributed by atoms with Gasteiger partial charge in [-0.05, 0) is 61.9 Å². The maximum absolute atomic E-state index is 12.2. The summed E-state index contributed by atoms with van der Waals surface area (Å²) < 4.78 is 0. The molecule has 1 heterocycles. The third-order valence-electron chi connectivity index (χ3n) is 4.81. The number of rotatable bonds is 4. The Kier molecular flexibility index (Phi) is 6.00. The predicted octanol–water partition coefficient (Wildman–Crippen LogP) is 3.46. The van der Waals surface area contributed by atoms with Crippen LogP contribution >= 0.6 is 35.6 Å². The normalized spacial score (nSPS) is 22.0. The lowest BCUT2D eigenvalue weighted by Gasteiger charge is -2.23. The van der Waals surface area contributed by atoms with Crippen molar-refractivity contribution in [3.8, 4) is 0 Å². The van der Waals surface area contributed by atoms with Gasteiger partial charge in [-0.15, -0.1) is 12.4 Å². The number of piperidine rings is 1. The second-order valence-electron chi connectivity index (χ2n) is 6.15. The van der Waals surface area contributed by atoms with Crippen LogP contribution in [0.5, 0.6) is 0 Å². The summed E-state index contributed by atoms with van der Waals surface area (Å²) in [6.45, 7) is 2.72. The molecule has 1 saturated carbocycles. The second kappa shape index (κ2) is 7.39. The number of hydrogen-bond donors (Lipinski definition) is 2. The molecule has 2 N–H and O–H groups in total. The molecular formula is C16H21Cl3N2O. The molecule has 0 aromatic heterocycles. The van der Waals surface area contributed by atoms with Gasteiger partial charge in [-0.1, -0.05) is 29.3 Å². The maximum Gasteiger partial charge on any atom is 0.223 e. The van der Waals surface area contributed by atoms with Crippen molar-refractivity contribution < 1.29 is 4.79 Å². The fraction of sp³-hybridized carbons (Fsp3) is 0.562.